The van der Waals surface area contributed by atoms with E-state index in [0.29, 0.717) is 4.31 Å². The number of carbonyl (C=O) groups excluding carboxylic acids is 1. The normalized spacial score (nSPS) is 18.7. The second-order valence-corrected chi connectivity index (χ2v) is 7.55. The Hall–Kier alpha value is -0.580. The van der Waals surface area contributed by atoms with Gasteiger partial charge in [-0.1, -0.05) is 6.92 Å². The standard InChI is InChI=1S/C12H22F3N3O3S.ClH/c1-9(7-16)11(19)17-5-3-10(4-6-17)18(22(2,20)21)8-12(13,14)15;/h9-10H,3-8,16H2,1-2H3;1H. The van der Waals surface area contributed by atoms with E-state index >= 15 is 0 Å². The van der Waals surface area contributed by atoms with Gasteiger partial charge >= 0.3 is 6.18 Å². The molecule has 1 amide bonds. The van der Waals surface area contributed by atoms with Gasteiger partial charge in [0.25, 0.3) is 0 Å². The molecule has 138 valence electrons. The summed E-state index contributed by atoms with van der Waals surface area (Å²) in [6, 6.07) is -0.742. The minimum atomic E-state index is -4.59. The fraction of sp³-hybridized carbons (Fsp3) is 0.917. The Labute approximate surface area is 140 Å². The molecule has 1 unspecified atom stereocenters. The lowest BCUT2D eigenvalue weighted by molar-refractivity contribution is -0.144. The number of sulfonamides is 1. The highest BCUT2D eigenvalue weighted by Crippen LogP contribution is 2.25. The summed E-state index contributed by atoms with van der Waals surface area (Å²) in [6.45, 7) is 0.849. The number of amides is 1. The number of rotatable bonds is 5. The van der Waals surface area contributed by atoms with Crippen LogP contribution in [0.15, 0.2) is 0 Å². The molecule has 2 N–H and O–H groups in total. The molecule has 0 saturated carbocycles. The second kappa shape index (κ2) is 8.50. The van der Waals surface area contributed by atoms with Gasteiger partial charge in [0.1, 0.15) is 6.54 Å². The predicted octanol–water partition coefficient (Wildman–Crippen LogP) is 0.818. The van der Waals surface area contributed by atoms with E-state index in [2.05, 4.69) is 0 Å². The van der Waals surface area contributed by atoms with Crippen LogP contribution < -0.4 is 5.73 Å². The van der Waals surface area contributed by atoms with E-state index in [1.54, 1.807) is 6.92 Å². The van der Waals surface area contributed by atoms with Gasteiger partial charge < -0.3 is 10.6 Å². The van der Waals surface area contributed by atoms with E-state index in [4.69, 9.17) is 5.73 Å². The third kappa shape index (κ3) is 6.82. The molecule has 0 radical (unpaired) electrons. The Morgan fingerprint density at radius 1 is 1.35 bits per heavy atom. The van der Waals surface area contributed by atoms with Gasteiger partial charge in [-0.2, -0.15) is 17.5 Å². The van der Waals surface area contributed by atoms with Crippen molar-refractivity contribution in [2.75, 3.05) is 32.4 Å². The van der Waals surface area contributed by atoms with Crippen LogP contribution in [0, 0.1) is 5.92 Å². The summed E-state index contributed by atoms with van der Waals surface area (Å²) in [5.41, 5.74) is 5.42. The third-order valence-corrected chi connectivity index (χ3v) is 5.00. The lowest BCUT2D eigenvalue weighted by atomic mass is 10.0. The smallest absolute Gasteiger partial charge is 0.342 e. The molecule has 1 rings (SSSR count). The van der Waals surface area contributed by atoms with Crippen molar-refractivity contribution in [3.63, 3.8) is 0 Å². The molecular formula is C12H23ClF3N3O3S. The van der Waals surface area contributed by atoms with Gasteiger partial charge in [0.15, 0.2) is 0 Å². The van der Waals surface area contributed by atoms with Crippen molar-refractivity contribution in [1.82, 2.24) is 9.21 Å². The Kier molecular flexibility index (Phi) is 8.28. The molecule has 1 saturated heterocycles. The SMILES string of the molecule is CC(CN)C(=O)N1CCC(N(CC(F)(F)F)S(C)(=O)=O)CC1.Cl. The van der Waals surface area contributed by atoms with Crippen LogP contribution in [0.3, 0.4) is 0 Å². The lowest BCUT2D eigenvalue weighted by Gasteiger charge is -2.38. The summed E-state index contributed by atoms with van der Waals surface area (Å²) in [7, 11) is -3.97. The number of halogens is 4. The number of likely N-dealkylation sites (tertiary alicyclic amines) is 1. The van der Waals surface area contributed by atoms with Crippen LogP contribution in [0.25, 0.3) is 0 Å². The van der Waals surface area contributed by atoms with Crippen molar-refractivity contribution in [2.24, 2.45) is 11.7 Å². The molecule has 0 spiro atoms. The highest BCUT2D eigenvalue weighted by Gasteiger charge is 2.40. The van der Waals surface area contributed by atoms with E-state index in [9.17, 15) is 26.4 Å². The fourth-order valence-electron chi connectivity index (χ4n) is 2.48. The van der Waals surface area contributed by atoms with Crippen LogP contribution in [-0.4, -0.2) is 68.2 Å². The van der Waals surface area contributed by atoms with Crippen molar-refractivity contribution >= 4 is 28.3 Å². The summed E-state index contributed by atoms with van der Waals surface area (Å²) in [5.74, 6) is -0.500. The zero-order valence-corrected chi connectivity index (χ0v) is 14.7. The highest BCUT2D eigenvalue weighted by atomic mass is 35.5. The number of nitrogens with zero attached hydrogens (tertiary/aromatic N) is 2. The number of hydrogen-bond acceptors (Lipinski definition) is 4. The summed E-state index contributed by atoms with van der Waals surface area (Å²) < 4.78 is 61.4. The van der Waals surface area contributed by atoms with Crippen molar-refractivity contribution in [3.05, 3.63) is 0 Å². The maximum Gasteiger partial charge on any atom is 0.402 e. The molecule has 0 aromatic rings. The van der Waals surface area contributed by atoms with Crippen LogP contribution in [0.4, 0.5) is 13.2 Å². The van der Waals surface area contributed by atoms with Crippen LogP contribution in [0.2, 0.25) is 0 Å². The van der Waals surface area contributed by atoms with Gasteiger partial charge in [-0.15, -0.1) is 12.4 Å². The van der Waals surface area contributed by atoms with E-state index in [1.165, 1.54) is 4.90 Å². The first-order valence-corrected chi connectivity index (χ1v) is 8.83. The molecule has 1 heterocycles. The molecule has 1 fully saturated rings. The first-order chi connectivity index (χ1) is 9.95. The summed E-state index contributed by atoms with van der Waals surface area (Å²) >= 11 is 0. The molecular weight excluding hydrogens is 359 g/mol. The molecule has 6 nitrogen and oxygen atoms in total. The Bertz CT molecular complexity index is 494. The van der Waals surface area contributed by atoms with E-state index in [0.717, 1.165) is 6.26 Å². The molecule has 0 aromatic carbocycles. The van der Waals surface area contributed by atoms with Gasteiger partial charge in [0.05, 0.1) is 6.26 Å². The second-order valence-electron chi connectivity index (χ2n) is 5.62. The maximum atomic E-state index is 12.6. The van der Waals surface area contributed by atoms with Gasteiger partial charge in [-0.25, -0.2) is 8.42 Å². The summed E-state index contributed by atoms with van der Waals surface area (Å²) in [5, 5.41) is 0. The van der Waals surface area contributed by atoms with E-state index < -0.39 is 28.8 Å². The lowest BCUT2D eigenvalue weighted by Crippen LogP contribution is -2.52. The number of nitrogens with two attached hydrogens (primary N) is 1. The van der Waals surface area contributed by atoms with E-state index in [1.807, 2.05) is 0 Å². The third-order valence-electron chi connectivity index (χ3n) is 3.72. The average Bonchev–Trinajstić information content (AvgIpc) is 2.41. The molecule has 0 aliphatic carbocycles. The average molecular weight is 382 g/mol. The van der Waals surface area contributed by atoms with Gasteiger partial charge in [-0.05, 0) is 12.8 Å². The number of alkyl halides is 3. The van der Waals surface area contributed by atoms with Crippen LogP contribution in [0.1, 0.15) is 19.8 Å². The highest BCUT2D eigenvalue weighted by molar-refractivity contribution is 7.88. The van der Waals surface area contributed by atoms with E-state index in [-0.39, 0.29) is 56.7 Å². The number of carbonyl (C=O) groups is 1. The summed E-state index contributed by atoms with van der Waals surface area (Å²) in [6.07, 6.45) is -3.45. The molecule has 1 atom stereocenters. The van der Waals surface area contributed by atoms with Crippen molar-refractivity contribution < 1.29 is 26.4 Å². The monoisotopic (exact) mass is 381 g/mol. The zero-order valence-electron chi connectivity index (χ0n) is 13.0. The van der Waals surface area contributed by atoms with Crippen LogP contribution in [-0.2, 0) is 14.8 Å². The Morgan fingerprint density at radius 3 is 2.17 bits per heavy atom. The molecule has 1 aliphatic rings. The van der Waals surface area contributed by atoms with Crippen molar-refractivity contribution in [1.29, 1.82) is 0 Å². The predicted molar refractivity (Wildman–Crippen MR) is 82.7 cm³/mol. The molecule has 0 bridgehead atoms. The first-order valence-electron chi connectivity index (χ1n) is 6.98. The quantitative estimate of drug-likeness (QED) is 0.764. The zero-order chi connectivity index (χ0) is 17.1. The number of piperidine rings is 1. The summed E-state index contributed by atoms with van der Waals surface area (Å²) in [4.78, 5) is 13.5. The Morgan fingerprint density at radius 2 is 1.83 bits per heavy atom. The number of hydrogen-bond donors (Lipinski definition) is 1. The van der Waals surface area contributed by atoms with Gasteiger partial charge in [-0.3, -0.25) is 4.79 Å². The van der Waals surface area contributed by atoms with Crippen molar-refractivity contribution in [2.45, 2.75) is 32.0 Å². The minimum absolute atomic E-state index is 0. The van der Waals surface area contributed by atoms with Crippen LogP contribution >= 0.6 is 12.4 Å². The Balaban J connectivity index is 0.00000484. The van der Waals surface area contributed by atoms with Crippen molar-refractivity contribution in [3.8, 4) is 0 Å². The molecule has 11 heteroatoms. The van der Waals surface area contributed by atoms with Gasteiger partial charge in [0.2, 0.25) is 15.9 Å². The topological polar surface area (TPSA) is 83.7 Å². The molecule has 1 aliphatic heterocycles. The molecule has 0 aromatic heterocycles. The van der Waals surface area contributed by atoms with Crippen LogP contribution in [0.5, 0.6) is 0 Å². The van der Waals surface area contributed by atoms with Gasteiger partial charge in [0, 0.05) is 31.6 Å². The fourth-order valence-corrected chi connectivity index (χ4v) is 3.61. The molecule has 23 heavy (non-hydrogen) atoms. The largest absolute Gasteiger partial charge is 0.402 e. The first kappa shape index (κ1) is 22.4. The minimum Gasteiger partial charge on any atom is -0.342 e. The maximum absolute atomic E-state index is 12.6.